The molecule has 10 heteroatoms. The maximum atomic E-state index is 14.6. The van der Waals surface area contributed by atoms with E-state index >= 15 is 0 Å². The van der Waals surface area contributed by atoms with Crippen LogP contribution in [0.2, 0.25) is 0 Å². The van der Waals surface area contributed by atoms with Crippen molar-refractivity contribution < 1.29 is 8.83 Å². The van der Waals surface area contributed by atoms with Crippen LogP contribution in [-0.2, 0) is 0 Å². The number of furan rings is 2. The van der Waals surface area contributed by atoms with E-state index < -0.39 is 5.56 Å². The van der Waals surface area contributed by atoms with Gasteiger partial charge in [-0.2, -0.15) is 9.97 Å². The van der Waals surface area contributed by atoms with Crippen molar-refractivity contribution in [1.82, 2.24) is 28.9 Å². The SMILES string of the molecule is O=c1c2nc3ccccc3c(=O)n2c2ccccc2n1-c1nc(-c2ccc3c(c2)oc2ccccc23)nc(-c2ccc3c(c2)oc2ccccc23)n1. The molecule has 52 heavy (non-hydrogen) atoms. The van der Waals surface area contributed by atoms with Gasteiger partial charge in [-0.3, -0.25) is 14.0 Å². The zero-order valence-electron chi connectivity index (χ0n) is 27.0. The minimum Gasteiger partial charge on any atom is -0.456 e. The Morgan fingerprint density at radius 3 is 1.60 bits per heavy atom. The Hall–Kier alpha value is -7.46. The molecule has 5 heterocycles. The van der Waals surface area contributed by atoms with Crippen LogP contribution in [0.15, 0.2) is 152 Å². The normalized spacial score (nSPS) is 12.0. The van der Waals surface area contributed by atoms with E-state index in [2.05, 4.69) is 4.98 Å². The Morgan fingerprint density at radius 1 is 0.442 bits per heavy atom. The van der Waals surface area contributed by atoms with Crippen molar-refractivity contribution in [3.8, 4) is 28.7 Å². The number of hydrogen-bond donors (Lipinski definition) is 0. The van der Waals surface area contributed by atoms with Gasteiger partial charge in [0.25, 0.3) is 5.56 Å². The highest BCUT2D eigenvalue weighted by Crippen LogP contribution is 2.34. The van der Waals surface area contributed by atoms with Gasteiger partial charge in [0, 0.05) is 32.7 Å². The molecule has 0 radical (unpaired) electrons. The van der Waals surface area contributed by atoms with Crippen LogP contribution in [0.25, 0.3) is 100 Å². The lowest BCUT2D eigenvalue weighted by atomic mass is 10.1. The van der Waals surface area contributed by atoms with Gasteiger partial charge in [-0.25, -0.2) is 14.5 Å². The van der Waals surface area contributed by atoms with E-state index in [1.807, 2.05) is 91.0 Å². The first-order valence-electron chi connectivity index (χ1n) is 16.6. The second-order valence-corrected chi connectivity index (χ2v) is 12.6. The maximum Gasteiger partial charge on any atom is 0.301 e. The van der Waals surface area contributed by atoms with Crippen LogP contribution in [0.4, 0.5) is 0 Å². The molecule has 0 atom stereocenters. The molecule has 0 spiro atoms. The van der Waals surface area contributed by atoms with E-state index in [0.29, 0.717) is 55.9 Å². The smallest absolute Gasteiger partial charge is 0.301 e. The highest BCUT2D eigenvalue weighted by molar-refractivity contribution is 6.06. The summed E-state index contributed by atoms with van der Waals surface area (Å²) < 4.78 is 15.2. The maximum absolute atomic E-state index is 14.6. The predicted molar refractivity (Wildman–Crippen MR) is 201 cm³/mol. The molecule has 10 nitrogen and oxygen atoms in total. The van der Waals surface area contributed by atoms with Crippen LogP contribution in [0.1, 0.15) is 0 Å². The third-order valence-electron chi connectivity index (χ3n) is 9.63. The van der Waals surface area contributed by atoms with E-state index in [1.54, 1.807) is 42.5 Å². The lowest BCUT2D eigenvalue weighted by Gasteiger charge is -2.14. The molecular weight excluding hydrogens is 653 g/mol. The summed E-state index contributed by atoms with van der Waals surface area (Å²) in [7, 11) is 0. The summed E-state index contributed by atoms with van der Waals surface area (Å²) in [6, 6.07) is 41.5. The summed E-state index contributed by atoms with van der Waals surface area (Å²) in [4.78, 5) is 47.9. The van der Waals surface area contributed by atoms with Gasteiger partial charge in [-0.1, -0.05) is 72.8 Å². The molecule has 5 aromatic heterocycles. The fourth-order valence-corrected chi connectivity index (χ4v) is 7.20. The van der Waals surface area contributed by atoms with Crippen molar-refractivity contribution in [2.75, 3.05) is 0 Å². The van der Waals surface area contributed by atoms with Crippen molar-refractivity contribution in [2.24, 2.45) is 0 Å². The Kier molecular flexibility index (Phi) is 5.74. The minimum atomic E-state index is -0.551. The number of aromatic nitrogens is 6. The van der Waals surface area contributed by atoms with Gasteiger partial charge >= 0.3 is 5.56 Å². The second kappa shape index (κ2) is 10.5. The number of hydrogen-bond acceptors (Lipinski definition) is 8. The zero-order valence-corrected chi connectivity index (χ0v) is 27.0. The summed E-state index contributed by atoms with van der Waals surface area (Å²) in [6.07, 6.45) is 0. The monoisotopic (exact) mass is 674 g/mol. The number of nitrogens with zero attached hydrogens (tertiary/aromatic N) is 6. The van der Waals surface area contributed by atoms with E-state index in [9.17, 15) is 9.59 Å². The van der Waals surface area contributed by atoms with Crippen molar-refractivity contribution >= 4 is 71.5 Å². The molecule has 244 valence electrons. The quantitative estimate of drug-likeness (QED) is 0.135. The van der Waals surface area contributed by atoms with Gasteiger partial charge in [0.15, 0.2) is 11.6 Å². The molecule has 0 saturated heterocycles. The van der Waals surface area contributed by atoms with Crippen LogP contribution in [0.5, 0.6) is 0 Å². The molecule has 11 rings (SSSR count). The Morgan fingerprint density at radius 2 is 0.962 bits per heavy atom. The molecule has 11 aromatic rings. The van der Waals surface area contributed by atoms with Gasteiger partial charge in [-0.15, -0.1) is 0 Å². The topological polar surface area (TPSA) is 121 Å². The summed E-state index contributed by atoms with van der Waals surface area (Å²) >= 11 is 0. The number of rotatable bonds is 3. The lowest BCUT2D eigenvalue weighted by molar-refractivity contribution is 0.668. The highest BCUT2D eigenvalue weighted by atomic mass is 16.3. The molecular formula is C42H22N6O4. The van der Waals surface area contributed by atoms with Gasteiger partial charge < -0.3 is 8.83 Å². The molecule has 0 bridgehead atoms. The number of fused-ring (bicyclic) bond motifs is 10. The molecule has 0 N–H and O–H groups in total. The first-order chi connectivity index (χ1) is 25.6. The van der Waals surface area contributed by atoms with Gasteiger partial charge in [-0.05, 0) is 60.7 Å². The van der Waals surface area contributed by atoms with E-state index in [-0.39, 0.29) is 17.2 Å². The van der Waals surface area contributed by atoms with Crippen molar-refractivity contribution in [3.05, 3.63) is 154 Å². The van der Waals surface area contributed by atoms with Gasteiger partial charge in [0.2, 0.25) is 11.6 Å². The van der Waals surface area contributed by atoms with E-state index in [0.717, 1.165) is 32.7 Å². The van der Waals surface area contributed by atoms with Crippen molar-refractivity contribution in [2.45, 2.75) is 0 Å². The molecule has 6 aromatic carbocycles. The first-order valence-corrected chi connectivity index (χ1v) is 16.6. The third-order valence-corrected chi connectivity index (χ3v) is 9.63. The molecule has 0 saturated carbocycles. The third kappa shape index (κ3) is 4.06. The van der Waals surface area contributed by atoms with Gasteiger partial charge in [0.1, 0.15) is 22.3 Å². The molecule has 0 amide bonds. The summed E-state index contributed by atoms with van der Waals surface area (Å²) in [5, 5.41) is 4.35. The minimum absolute atomic E-state index is 0.0432. The summed E-state index contributed by atoms with van der Waals surface area (Å²) in [6.45, 7) is 0. The predicted octanol–water partition coefficient (Wildman–Crippen LogP) is 8.47. The molecule has 0 aliphatic heterocycles. The number of benzene rings is 6. The lowest BCUT2D eigenvalue weighted by Crippen LogP contribution is -2.29. The molecule has 0 aliphatic carbocycles. The van der Waals surface area contributed by atoms with E-state index in [4.69, 9.17) is 23.8 Å². The molecule has 0 fully saturated rings. The molecule has 0 unspecified atom stereocenters. The van der Waals surface area contributed by atoms with E-state index in [1.165, 1.54) is 8.97 Å². The second-order valence-electron chi connectivity index (χ2n) is 12.6. The Balaban J connectivity index is 1.21. The average molecular weight is 675 g/mol. The van der Waals surface area contributed by atoms with Gasteiger partial charge in [0.05, 0.1) is 21.9 Å². The van der Waals surface area contributed by atoms with Crippen LogP contribution >= 0.6 is 0 Å². The summed E-state index contributed by atoms with van der Waals surface area (Å²) in [5.41, 5.74) is 4.63. The fourth-order valence-electron chi connectivity index (χ4n) is 7.20. The summed E-state index contributed by atoms with van der Waals surface area (Å²) in [5.74, 6) is 0.721. The van der Waals surface area contributed by atoms with Crippen molar-refractivity contribution in [1.29, 1.82) is 0 Å². The zero-order chi connectivity index (χ0) is 34.5. The van der Waals surface area contributed by atoms with Crippen LogP contribution < -0.4 is 11.1 Å². The standard InChI is InChI=1S/C42H22N6O4/c49-40-29-11-1-4-12-30(29)43-39-41(50)48(32-14-6-5-13-31(32)47(39)40)42-45-37(23-17-19-27-25-9-2-7-15-33(25)51-35(27)21-23)44-38(46-42)24-18-20-28-26-10-3-8-16-34(26)52-36(28)22-24/h1-22H. The Bertz CT molecular complexity index is 3300. The fraction of sp³-hybridized carbons (Fsp3) is 0. The number of para-hydroxylation sites is 5. The Labute approximate surface area is 291 Å². The first kappa shape index (κ1) is 28.4. The highest BCUT2D eigenvalue weighted by Gasteiger charge is 2.21. The molecule has 0 aliphatic rings. The van der Waals surface area contributed by atoms with Crippen LogP contribution in [0, 0.1) is 0 Å². The van der Waals surface area contributed by atoms with Crippen LogP contribution in [0.3, 0.4) is 0 Å². The average Bonchev–Trinajstić information content (AvgIpc) is 3.75. The van der Waals surface area contributed by atoms with Crippen molar-refractivity contribution in [3.63, 3.8) is 0 Å². The largest absolute Gasteiger partial charge is 0.456 e. The van der Waals surface area contributed by atoms with Crippen LogP contribution in [-0.4, -0.2) is 28.9 Å².